The van der Waals surface area contributed by atoms with Crippen LogP contribution in [-0.2, 0) is 10.2 Å². The van der Waals surface area contributed by atoms with Crippen LogP contribution in [0.3, 0.4) is 0 Å². The van der Waals surface area contributed by atoms with Crippen LogP contribution in [0.5, 0.6) is 0 Å². The molecule has 0 bridgehead atoms. The monoisotopic (exact) mass is 314 g/mol. The number of nitrogens with one attached hydrogen (secondary N) is 2. The van der Waals surface area contributed by atoms with Crippen molar-refractivity contribution in [1.29, 1.82) is 0 Å². The van der Waals surface area contributed by atoms with Gasteiger partial charge in [0.05, 0.1) is 6.61 Å². The van der Waals surface area contributed by atoms with Crippen LogP contribution >= 0.6 is 0 Å². The molecule has 0 saturated carbocycles. The summed E-state index contributed by atoms with van der Waals surface area (Å²) >= 11 is 0. The van der Waals surface area contributed by atoms with Gasteiger partial charge in [-0.2, -0.15) is 4.98 Å². The van der Waals surface area contributed by atoms with Crippen molar-refractivity contribution in [3.8, 4) is 0 Å². The molecular formula is C18H26N4O. The minimum Gasteiger partial charge on any atom is -0.383 e. The second-order valence-corrected chi connectivity index (χ2v) is 6.59. The summed E-state index contributed by atoms with van der Waals surface area (Å²) in [4.78, 5) is 8.92. The molecule has 5 nitrogen and oxygen atoms in total. The fraction of sp³-hybridized carbons (Fsp3) is 0.444. The number of anilines is 3. The summed E-state index contributed by atoms with van der Waals surface area (Å²) in [6.45, 7) is 9.93. The molecular weight excluding hydrogens is 288 g/mol. The Kier molecular flexibility index (Phi) is 5.55. The lowest BCUT2D eigenvalue weighted by Crippen LogP contribution is -2.11. The maximum absolute atomic E-state index is 5.04. The summed E-state index contributed by atoms with van der Waals surface area (Å²) < 4.78 is 5.04. The molecule has 2 N–H and O–H groups in total. The summed E-state index contributed by atoms with van der Waals surface area (Å²) in [7, 11) is 1.68. The highest BCUT2D eigenvalue weighted by atomic mass is 16.5. The molecule has 23 heavy (non-hydrogen) atoms. The first-order chi connectivity index (χ1) is 10.9. The number of rotatable bonds is 6. The van der Waals surface area contributed by atoms with Gasteiger partial charge in [0.2, 0.25) is 5.95 Å². The molecule has 0 aliphatic rings. The standard InChI is InChI=1S/C18H26N4O/c1-13-12-16(19-10-11-23-5)22-17(20-13)21-15-8-6-14(7-9-15)18(2,3)4/h6-9,12H,10-11H2,1-5H3,(H2,19,20,21,22). The van der Waals surface area contributed by atoms with Gasteiger partial charge < -0.3 is 15.4 Å². The van der Waals surface area contributed by atoms with Crippen LogP contribution in [0.25, 0.3) is 0 Å². The molecule has 0 aliphatic carbocycles. The minimum atomic E-state index is 0.150. The molecule has 2 aromatic rings. The van der Waals surface area contributed by atoms with E-state index in [-0.39, 0.29) is 5.41 Å². The van der Waals surface area contributed by atoms with E-state index in [0.29, 0.717) is 19.1 Å². The normalized spacial score (nSPS) is 11.3. The van der Waals surface area contributed by atoms with Gasteiger partial charge >= 0.3 is 0 Å². The third-order valence-electron chi connectivity index (χ3n) is 3.47. The van der Waals surface area contributed by atoms with Crippen LogP contribution in [0.4, 0.5) is 17.5 Å². The van der Waals surface area contributed by atoms with Crippen LogP contribution < -0.4 is 10.6 Å². The van der Waals surface area contributed by atoms with Crippen LogP contribution in [0.15, 0.2) is 30.3 Å². The molecule has 0 spiro atoms. The Morgan fingerprint density at radius 3 is 2.39 bits per heavy atom. The predicted molar refractivity (Wildman–Crippen MR) is 95.6 cm³/mol. The molecule has 1 aromatic carbocycles. The first-order valence-electron chi connectivity index (χ1n) is 7.84. The number of hydrogen-bond donors (Lipinski definition) is 2. The molecule has 0 unspecified atom stereocenters. The first-order valence-corrected chi connectivity index (χ1v) is 7.84. The number of hydrogen-bond acceptors (Lipinski definition) is 5. The molecule has 0 amide bonds. The van der Waals surface area contributed by atoms with E-state index in [4.69, 9.17) is 4.74 Å². The van der Waals surface area contributed by atoms with E-state index < -0.39 is 0 Å². The quantitative estimate of drug-likeness (QED) is 0.792. The molecule has 1 aromatic heterocycles. The Labute approximate surface area is 138 Å². The SMILES string of the molecule is COCCNc1cc(C)nc(Nc2ccc(C(C)(C)C)cc2)n1. The number of aryl methyl sites for hydroxylation is 1. The molecule has 0 radical (unpaired) electrons. The maximum atomic E-state index is 5.04. The molecule has 5 heteroatoms. The summed E-state index contributed by atoms with van der Waals surface area (Å²) in [6, 6.07) is 10.3. The highest BCUT2D eigenvalue weighted by Gasteiger charge is 2.13. The lowest BCUT2D eigenvalue weighted by molar-refractivity contribution is 0.210. The second-order valence-electron chi connectivity index (χ2n) is 6.59. The third-order valence-corrected chi connectivity index (χ3v) is 3.47. The molecule has 124 valence electrons. The first kappa shape index (κ1) is 17.2. The molecule has 0 aliphatic heterocycles. The third kappa shape index (κ3) is 5.21. The lowest BCUT2D eigenvalue weighted by Gasteiger charge is -2.19. The van der Waals surface area contributed by atoms with E-state index in [1.54, 1.807) is 7.11 Å². The zero-order valence-corrected chi connectivity index (χ0v) is 14.6. The molecule has 0 saturated heterocycles. The van der Waals surface area contributed by atoms with Crippen molar-refractivity contribution >= 4 is 17.5 Å². The highest BCUT2D eigenvalue weighted by molar-refractivity contribution is 5.56. The number of benzene rings is 1. The van der Waals surface area contributed by atoms with E-state index in [2.05, 4.69) is 65.6 Å². The van der Waals surface area contributed by atoms with Crippen molar-refractivity contribution < 1.29 is 4.74 Å². The highest BCUT2D eigenvalue weighted by Crippen LogP contribution is 2.24. The lowest BCUT2D eigenvalue weighted by atomic mass is 9.87. The summed E-state index contributed by atoms with van der Waals surface area (Å²) in [5.74, 6) is 1.39. The minimum absolute atomic E-state index is 0.150. The van der Waals surface area contributed by atoms with Crippen molar-refractivity contribution in [1.82, 2.24) is 9.97 Å². The topological polar surface area (TPSA) is 59.1 Å². The Balaban J connectivity index is 2.10. The van der Waals surface area contributed by atoms with E-state index in [9.17, 15) is 0 Å². The van der Waals surface area contributed by atoms with Gasteiger partial charge in [0.1, 0.15) is 5.82 Å². The Bertz CT molecular complexity index is 632. The Morgan fingerprint density at radius 2 is 1.78 bits per heavy atom. The van der Waals surface area contributed by atoms with Crippen molar-refractivity contribution in [2.24, 2.45) is 0 Å². The summed E-state index contributed by atoms with van der Waals surface area (Å²) in [6.07, 6.45) is 0. The fourth-order valence-corrected chi connectivity index (χ4v) is 2.18. The Hall–Kier alpha value is -2.14. The number of nitrogens with zero attached hydrogens (tertiary/aromatic N) is 2. The predicted octanol–water partition coefficient (Wildman–Crippen LogP) is 3.88. The van der Waals surface area contributed by atoms with Crippen LogP contribution in [0.2, 0.25) is 0 Å². The maximum Gasteiger partial charge on any atom is 0.229 e. The fourth-order valence-electron chi connectivity index (χ4n) is 2.18. The van der Waals surface area contributed by atoms with Gasteiger partial charge in [-0.3, -0.25) is 0 Å². The van der Waals surface area contributed by atoms with Gasteiger partial charge in [-0.05, 0) is 30.0 Å². The van der Waals surface area contributed by atoms with Crippen molar-refractivity contribution in [3.05, 3.63) is 41.6 Å². The van der Waals surface area contributed by atoms with Gasteiger partial charge in [-0.1, -0.05) is 32.9 Å². The second kappa shape index (κ2) is 7.42. The molecule has 1 heterocycles. The summed E-state index contributed by atoms with van der Waals surface area (Å²) in [5.41, 5.74) is 3.34. The molecule has 2 rings (SSSR count). The van der Waals surface area contributed by atoms with E-state index in [0.717, 1.165) is 17.2 Å². The van der Waals surface area contributed by atoms with Crippen LogP contribution in [-0.4, -0.2) is 30.2 Å². The zero-order chi connectivity index (χ0) is 16.9. The number of ether oxygens (including phenoxy) is 1. The van der Waals surface area contributed by atoms with Gasteiger partial charge in [0, 0.05) is 31.1 Å². The van der Waals surface area contributed by atoms with Gasteiger partial charge in [0.15, 0.2) is 0 Å². The number of methoxy groups -OCH3 is 1. The van der Waals surface area contributed by atoms with Crippen LogP contribution in [0.1, 0.15) is 32.0 Å². The van der Waals surface area contributed by atoms with E-state index in [1.807, 2.05) is 13.0 Å². The molecule has 0 fully saturated rings. The van der Waals surface area contributed by atoms with E-state index >= 15 is 0 Å². The van der Waals surface area contributed by atoms with Crippen LogP contribution in [0, 0.1) is 6.92 Å². The number of aromatic nitrogens is 2. The summed E-state index contributed by atoms with van der Waals surface area (Å²) in [5, 5.41) is 6.49. The van der Waals surface area contributed by atoms with Gasteiger partial charge in [-0.25, -0.2) is 4.98 Å². The Morgan fingerprint density at radius 1 is 1.09 bits per heavy atom. The average Bonchev–Trinajstić information content (AvgIpc) is 2.46. The van der Waals surface area contributed by atoms with Gasteiger partial charge in [-0.15, -0.1) is 0 Å². The smallest absolute Gasteiger partial charge is 0.229 e. The zero-order valence-electron chi connectivity index (χ0n) is 14.6. The van der Waals surface area contributed by atoms with Gasteiger partial charge in [0.25, 0.3) is 0 Å². The van der Waals surface area contributed by atoms with Crippen molar-refractivity contribution in [2.75, 3.05) is 30.9 Å². The largest absolute Gasteiger partial charge is 0.383 e. The van der Waals surface area contributed by atoms with Crippen molar-refractivity contribution in [2.45, 2.75) is 33.1 Å². The molecule has 0 atom stereocenters. The van der Waals surface area contributed by atoms with Crippen molar-refractivity contribution in [3.63, 3.8) is 0 Å². The van der Waals surface area contributed by atoms with E-state index in [1.165, 1.54) is 5.56 Å². The average molecular weight is 314 g/mol.